The van der Waals surface area contributed by atoms with Crippen molar-refractivity contribution in [1.29, 1.82) is 0 Å². The Morgan fingerprint density at radius 1 is 0.353 bits per heavy atom. The van der Waals surface area contributed by atoms with E-state index in [1.54, 1.807) is 0 Å². The Bertz CT molecular complexity index is 3000. The number of rotatable bonds is 4. The summed E-state index contributed by atoms with van der Waals surface area (Å²) in [5.74, 6) is 0. The van der Waals surface area contributed by atoms with Crippen molar-refractivity contribution >= 4 is 113 Å². The van der Waals surface area contributed by atoms with Gasteiger partial charge in [-0.3, -0.25) is 4.98 Å². The average Bonchev–Trinajstić information content (AvgIpc) is 3.72. The van der Waals surface area contributed by atoms with Gasteiger partial charge in [0.05, 0.1) is 5.52 Å². The third-order valence-electron chi connectivity index (χ3n) is 10.2. The van der Waals surface area contributed by atoms with E-state index in [1.807, 2.05) is 34.9 Å². The molecular formula is C47H28N2S2. The molecule has 0 atom stereocenters. The van der Waals surface area contributed by atoms with Crippen molar-refractivity contribution in [2.75, 3.05) is 4.90 Å². The van der Waals surface area contributed by atoms with E-state index in [-0.39, 0.29) is 0 Å². The molecule has 8 aromatic carbocycles. The van der Waals surface area contributed by atoms with E-state index < -0.39 is 0 Å². The van der Waals surface area contributed by atoms with Crippen LogP contribution in [-0.4, -0.2) is 4.98 Å². The summed E-state index contributed by atoms with van der Waals surface area (Å²) in [6.45, 7) is 0. The van der Waals surface area contributed by atoms with Crippen LogP contribution in [0.15, 0.2) is 170 Å². The van der Waals surface area contributed by atoms with Crippen LogP contribution >= 0.6 is 22.7 Å². The summed E-state index contributed by atoms with van der Waals surface area (Å²) < 4.78 is 5.22. The van der Waals surface area contributed by atoms with E-state index >= 15 is 0 Å². The molecule has 51 heavy (non-hydrogen) atoms. The number of hydrogen-bond donors (Lipinski definition) is 0. The zero-order valence-corrected chi connectivity index (χ0v) is 29.0. The van der Waals surface area contributed by atoms with Crippen LogP contribution in [-0.2, 0) is 0 Å². The number of hydrogen-bond acceptors (Lipinski definition) is 4. The lowest BCUT2D eigenvalue weighted by molar-refractivity contribution is 1.30. The Morgan fingerprint density at radius 3 is 1.43 bits per heavy atom. The second-order valence-electron chi connectivity index (χ2n) is 13.2. The van der Waals surface area contributed by atoms with Gasteiger partial charge < -0.3 is 4.90 Å². The topological polar surface area (TPSA) is 16.1 Å². The Hall–Kier alpha value is -6.07. The Labute approximate surface area is 302 Å². The molecule has 4 heteroatoms. The third kappa shape index (κ3) is 4.72. The number of thiophene rings is 2. The fourth-order valence-corrected chi connectivity index (χ4v) is 10.0. The minimum absolute atomic E-state index is 1.01. The molecule has 0 amide bonds. The smallest absolute Gasteiger partial charge is 0.0708 e. The van der Waals surface area contributed by atoms with Crippen LogP contribution in [0.2, 0.25) is 0 Å². The monoisotopic (exact) mass is 684 g/mol. The average molecular weight is 685 g/mol. The van der Waals surface area contributed by atoms with Crippen LogP contribution in [0.1, 0.15) is 0 Å². The molecule has 11 aromatic rings. The SMILES string of the molecule is c1ccc2cc3c(cc2c1)sc1cc(N(c2ccc(-c4ccc5cccnc5c4)cc2)c2ccc4c(c2)sc2cc5ccccc5cc24)ccc13. The van der Waals surface area contributed by atoms with Gasteiger partial charge in [-0.15, -0.1) is 22.7 Å². The molecule has 0 aliphatic carbocycles. The molecule has 0 bridgehead atoms. The van der Waals surface area contributed by atoms with Gasteiger partial charge in [0.25, 0.3) is 0 Å². The lowest BCUT2D eigenvalue weighted by Gasteiger charge is -2.26. The molecule has 0 N–H and O–H groups in total. The van der Waals surface area contributed by atoms with Gasteiger partial charge in [0.1, 0.15) is 0 Å². The number of fused-ring (bicyclic) bond motifs is 9. The molecule has 0 radical (unpaired) electrons. The maximum atomic E-state index is 4.60. The molecule has 0 saturated carbocycles. The van der Waals surface area contributed by atoms with Crippen LogP contribution in [0.4, 0.5) is 17.1 Å². The first-order valence-electron chi connectivity index (χ1n) is 17.2. The second kappa shape index (κ2) is 11.2. The lowest BCUT2D eigenvalue weighted by Crippen LogP contribution is -2.09. The fourth-order valence-electron chi connectivity index (χ4n) is 7.68. The van der Waals surface area contributed by atoms with Crippen molar-refractivity contribution in [1.82, 2.24) is 4.98 Å². The zero-order valence-electron chi connectivity index (χ0n) is 27.4. The zero-order chi connectivity index (χ0) is 33.5. The van der Waals surface area contributed by atoms with Gasteiger partial charge >= 0.3 is 0 Å². The molecule has 3 heterocycles. The predicted octanol–water partition coefficient (Wildman–Crippen LogP) is 14.4. The minimum Gasteiger partial charge on any atom is -0.310 e. The van der Waals surface area contributed by atoms with Gasteiger partial charge in [-0.2, -0.15) is 0 Å². The number of pyridine rings is 1. The van der Waals surface area contributed by atoms with Crippen LogP contribution in [0.3, 0.4) is 0 Å². The van der Waals surface area contributed by atoms with Crippen molar-refractivity contribution in [2.45, 2.75) is 0 Å². The first kappa shape index (κ1) is 28.7. The summed E-state index contributed by atoms with van der Waals surface area (Å²) >= 11 is 3.75. The van der Waals surface area contributed by atoms with Gasteiger partial charge in [-0.1, -0.05) is 91.0 Å². The molecule has 3 aromatic heterocycles. The molecule has 0 fully saturated rings. The quantitative estimate of drug-likeness (QED) is 0.183. The van der Waals surface area contributed by atoms with E-state index in [2.05, 4.69) is 168 Å². The molecule has 0 aliphatic heterocycles. The van der Waals surface area contributed by atoms with Crippen LogP contribution < -0.4 is 4.90 Å². The first-order valence-corrected chi connectivity index (χ1v) is 18.8. The van der Waals surface area contributed by atoms with Gasteiger partial charge in [-0.25, -0.2) is 0 Å². The summed E-state index contributed by atoms with van der Waals surface area (Å²) in [4.78, 5) is 7.01. The summed E-state index contributed by atoms with van der Waals surface area (Å²) in [5.41, 5.74) is 6.76. The summed E-state index contributed by atoms with van der Waals surface area (Å²) in [6, 6.07) is 60.2. The van der Waals surface area contributed by atoms with E-state index in [0.717, 1.165) is 33.5 Å². The molecule has 238 valence electrons. The van der Waals surface area contributed by atoms with Gasteiger partial charge in [0.2, 0.25) is 0 Å². The summed E-state index contributed by atoms with van der Waals surface area (Å²) in [7, 11) is 0. The Balaban J connectivity index is 1.07. The second-order valence-corrected chi connectivity index (χ2v) is 15.4. The van der Waals surface area contributed by atoms with E-state index in [0.29, 0.717) is 0 Å². The van der Waals surface area contributed by atoms with E-state index in [4.69, 9.17) is 0 Å². The molecule has 2 nitrogen and oxygen atoms in total. The maximum Gasteiger partial charge on any atom is 0.0708 e. The number of aromatic nitrogens is 1. The third-order valence-corrected chi connectivity index (χ3v) is 12.5. The first-order chi connectivity index (χ1) is 25.2. The van der Waals surface area contributed by atoms with Crippen molar-refractivity contribution in [2.24, 2.45) is 0 Å². The molecule has 0 saturated heterocycles. The van der Waals surface area contributed by atoms with E-state index in [9.17, 15) is 0 Å². The molecule has 0 spiro atoms. The molecule has 0 aliphatic rings. The largest absolute Gasteiger partial charge is 0.310 e. The van der Waals surface area contributed by atoms with Crippen molar-refractivity contribution in [3.05, 3.63) is 170 Å². The van der Waals surface area contributed by atoms with Crippen LogP contribution in [0.5, 0.6) is 0 Å². The van der Waals surface area contributed by atoms with Gasteiger partial charge in [-0.05, 0) is 105 Å². The van der Waals surface area contributed by atoms with Crippen LogP contribution in [0.25, 0.3) is 83.9 Å². The highest BCUT2D eigenvalue weighted by atomic mass is 32.1. The summed E-state index contributed by atoms with van der Waals surface area (Å²) in [6.07, 6.45) is 1.86. The molecular weight excluding hydrogens is 657 g/mol. The predicted molar refractivity (Wildman–Crippen MR) is 223 cm³/mol. The number of benzene rings is 8. The Morgan fingerprint density at radius 2 is 0.843 bits per heavy atom. The van der Waals surface area contributed by atoms with Gasteiger partial charge in [0.15, 0.2) is 0 Å². The van der Waals surface area contributed by atoms with Crippen molar-refractivity contribution in [3.8, 4) is 11.1 Å². The number of anilines is 3. The van der Waals surface area contributed by atoms with Crippen molar-refractivity contribution in [3.63, 3.8) is 0 Å². The highest BCUT2D eigenvalue weighted by Gasteiger charge is 2.17. The van der Waals surface area contributed by atoms with E-state index in [1.165, 1.54) is 67.5 Å². The summed E-state index contributed by atoms with van der Waals surface area (Å²) in [5, 5.41) is 11.5. The maximum absolute atomic E-state index is 4.60. The Kier molecular flexibility index (Phi) is 6.32. The molecule has 11 rings (SSSR count). The molecule has 0 unspecified atom stereocenters. The number of nitrogens with zero attached hydrogens (tertiary/aromatic N) is 2. The normalized spacial score (nSPS) is 11.9. The highest BCUT2D eigenvalue weighted by molar-refractivity contribution is 7.26. The fraction of sp³-hybridized carbons (Fsp3) is 0. The van der Waals surface area contributed by atoms with Gasteiger partial charge in [0, 0.05) is 69.0 Å². The standard InChI is InChI=1S/C47H28N2S2/c1-3-8-33-25-44-41(22-31(33)6-1)39-19-17-37(27-46(39)50-44)49(36-15-13-29(14-16-36)35-12-11-30-10-5-21-48-43(30)24-35)38-18-20-40-42-23-32-7-2-4-9-34(32)26-45(42)51-47(40)28-38/h1-28H. The lowest BCUT2D eigenvalue weighted by atomic mass is 10.0. The minimum atomic E-state index is 1.01. The highest BCUT2D eigenvalue weighted by Crippen LogP contribution is 2.44. The van der Waals surface area contributed by atoms with Crippen molar-refractivity contribution < 1.29 is 0 Å². The van der Waals surface area contributed by atoms with Crippen LogP contribution in [0, 0.1) is 0 Å².